The second kappa shape index (κ2) is 7.52. The van der Waals surface area contributed by atoms with E-state index in [4.69, 9.17) is 14.2 Å². The van der Waals surface area contributed by atoms with Gasteiger partial charge < -0.3 is 19.5 Å². The number of nitrogens with zero attached hydrogens (tertiary/aromatic N) is 6. The first-order valence-corrected chi connectivity index (χ1v) is 9.91. The maximum Gasteiger partial charge on any atom is 0.226 e. The number of carbonyl (C=O) groups is 1. The molecule has 0 saturated carbocycles. The maximum absolute atomic E-state index is 12.7. The van der Waals surface area contributed by atoms with Gasteiger partial charge in [0.25, 0.3) is 0 Å². The van der Waals surface area contributed by atoms with Crippen LogP contribution in [0.4, 0.5) is 5.82 Å². The molecule has 1 amide bonds. The van der Waals surface area contributed by atoms with E-state index >= 15 is 0 Å². The minimum absolute atomic E-state index is 0.136. The van der Waals surface area contributed by atoms with Crippen molar-refractivity contribution in [3.05, 3.63) is 47.4 Å². The van der Waals surface area contributed by atoms with E-state index < -0.39 is 0 Å². The number of aromatic nitrogens is 6. The molecule has 11 nitrogen and oxygen atoms in total. The lowest BCUT2D eigenvalue weighted by Crippen LogP contribution is -2.25. The zero-order chi connectivity index (χ0) is 22.4. The summed E-state index contributed by atoms with van der Waals surface area (Å²) in [4.78, 5) is 12.7. The van der Waals surface area contributed by atoms with E-state index in [-0.39, 0.29) is 18.2 Å². The van der Waals surface area contributed by atoms with Crippen LogP contribution in [0.2, 0.25) is 0 Å². The molecule has 0 saturated heterocycles. The summed E-state index contributed by atoms with van der Waals surface area (Å²) < 4.78 is 19.8. The third-order valence-corrected chi connectivity index (χ3v) is 5.55. The number of amides is 1. The molecule has 1 atom stereocenters. The summed E-state index contributed by atoms with van der Waals surface area (Å²) in [6.07, 6.45) is 1.97. The Labute approximate surface area is 182 Å². The third kappa shape index (κ3) is 2.93. The van der Waals surface area contributed by atoms with Crippen LogP contribution in [0.3, 0.4) is 0 Å². The van der Waals surface area contributed by atoms with E-state index in [9.17, 15) is 4.79 Å². The molecule has 0 fully saturated rings. The summed E-state index contributed by atoms with van der Waals surface area (Å²) in [5.41, 5.74) is 2.28. The van der Waals surface area contributed by atoms with Crippen LogP contribution < -0.4 is 19.5 Å². The van der Waals surface area contributed by atoms with Gasteiger partial charge in [-0.2, -0.15) is 14.3 Å². The van der Waals surface area contributed by atoms with Crippen molar-refractivity contribution in [2.75, 3.05) is 26.6 Å². The highest BCUT2D eigenvalue weighted by Crippen LogP contribution is 2.47. The number of hydrogen-bond donors (Lipinski definition) is 1. The molecule has 1 N–H and O–H groups in total. The molecule has 3 aromatic heterocycles. The quantitative estimate of drug-likeness (QED) is 0.507. The average Bonchev–Trinajstić information content (AvgIpc) is 3.40. The second-order valence-corrected chi connectivity index (χ2v) is 7.30. The molecule has 1 aliphatic heterocycles. The largest absolute Gasteiger partial charge is 0.493 e. The van der Waals surface area contributed by atoms with Crippen LogP contribution in [-0.2, 0) is 4.79 Å². The summed E-state index contributed by atoms with van der Waals surface area (Å²) in [5, 5.41) is 20.1. The van der Waals surface area contributed by atoms with Crippen molar-refractivity contribution in [3.8, 4) is 23.1 Å². The van der Waals surface area contributed by atoms with Crippen LogP contribution in [-0.4, -0.2) is 56.8 Å². The van der Waals surface area contributed by atoms with Crippen LogP contribution in [0.5, 0.6) is 17.2 Å². The fourth-order valence-corrected chi connectivity index (χ4v) is 4.07. The zero-order valence-electron chi connectivity index (χ0n) is 18.0. The molecule has 164 valence electrons. The van der Waals surface area contributed by atoms with Gasteiger partial charge in [-0.05, 0) is 25.1 Å². The molecule has 5 rings (SSSR count). The molecule has 0 radical (unpaired) electrons. The first kappa shape index (κ1) is 19.8. The van der Waals surface area contributed by atoms with E-state index in [1.165, 1.54) is 0 Å². The van der Waals surface area contributed by atoms with Crippen LogP contribution >= 0.6 is 0 Å². The predicted octanol–water partition coefficient (Wildman–Crippen LogP) is 2.12. The van der Waals surface area contributed by atoms with Crippen molar-refractivity contribution in [2.45, 2.75) is 19.3 Å². The monoisotopic (exact) mass is 435 g/mol. The molecule has 4 heterocycles. The van der Waals surface area contributed by atoms with E-state index in [2.05, 4.69) is 25.7 Å². The number of anilines is 1. The Hall–Kier alpha value is -4.15. The van der Waals surface area contributed by atoms with Crippen molar-refractivity contribution >= 4 is 17.4 Å². The SMILES string of the molecule is COc1ccc([C@H]2CC(=O)Nc3c2cnn3-c2ccc3nnc(C)n3n2)c(OC)c1OC. The first-order valence-electron chi connectivity index (χ1n) is 9.91. The van der Waals surface area contributed by atoms with Crippen molar-refractivity contribution in [3.63, 3.8) is 0 Å². The van der Waals surface area contributed by atoms with Crippen LogP contribution in [0, 0.1) is 6.92 Å². The van der Waals surface area contributed by atoms with Crippen molar-refractivity contribution in [2.24, 2.45) is 0 Å². The van der Waals surface area contributed by atoms with E-state index in [0.717, 1.165) is 11.1 Å². The number of rotatable bonds is 5. The third-order valence-electron chi connectivity index (χ3n) is 5.55. The topological polar surface area (TPSA) is 118 Å². The number of ether oxygens (including phenoxy) is 3. The van der Waals surface area contributed by atoms with Crippen molar-refractivity contribution < 1.29 is 19.0 Å². The summed E-state index contributed by atoms with van der Waals surface area (Å²) >= 11 is 0. The highest BCUT2D eigenvalue weighted by Gasteiger charge is 2.34. The minimum atomic E-state index is -0.289. The fraction of sp³-hybridized carbons (Fsp3) is 0.286. The second-order valence-electron chi connectivity index (χ2n) is 7.30. The Bertz CT molecular complexity index is 1340. The first-order chi connectivity index (χ1) is 15.5. The molecule has 4 aromatic rings. The molecule has 0 spiro atoms. The van der Waals surface area contributed by atoms with Gasteiger partial charge in [0.05, 0.1) is 27.5 Å². The molecule has 0 unspecified atom stereocenters. The van der Waals surface area contributed by atoms with Gasteiger partial charge in [-0.1, -0.05) is 6.07 Å². The minimum Gasteiger partial charge on any atom is -0.493 e. The molecule has 1 aromatic carbocycles. The number of carbonyl (C=O) groups excluding carboxylic acids is 1. The van der Waals surface area contributed by atoms with Crippen molar-refractivity contribution in [1.82, 2.24) is 29.6 Å². The zero-order valence-corrected chi connectivity index (χ0v) is 18.0. The van der Waals surface area contributed by atoms with Crippen LogP contribution in [0.25, 0.3) is 11.5 Å². The summed E-state index contributed by atoms with van der Waals surface area (Å²) in [7, 11) is 4.68. The molecule has 0 bridgehead atoms. The van der Waals surface area contributed by atoms with Crippen LogP contribution in [0.1, 0.15) is 29.3 Å². The van der Waals surface area contributed by atoms with Gasteiger partial charge in [-0.25, -0.2) is 0 Å². The predicted molar refractivity (Wildman–Crippen MR) is 114 cm³/mol. The lowest BCUT2D eigenvalue weighted by Gasteiger charge is -2.26. The lowest BCUT2D eigenvalue weighted by atomic mass is 9.86. The average molecular weight is 435 g/mol. The van der Waals surface area contributed by atoms with Crippen molar-refractivity contribution in [1.29, 1.82) is 0 Å². The fourth-order valence-electron chi connectivity index (χ4n) is 4.07. The van der Waals surface area contributed by atoms with Gasteiger partial charge in [0.2, 0.25) is 11.7 Å². The van der Waals surface area contributed by atoms with Gasteiger partial charge >= 0.3 is 0 Å². The summed E-state index contributed by atoms with van der Waals surface area (Å²) in [5.74, 6) is 2.85. The standard InChI is InChI=1S/C21H21N7O4/c1-11-24-25-16-7-8-17(26-27(11)16)28-21-14(10-22-28)13(9-18(29)23-21)12-5-6-15(30-2)20(32-4)19(12)31-3/h5-8,10,13H,9H2,1-4H3,(H,23,29)/t13-/m1/s1. The Kier molecular flexibility index (Phi) is 4.65. The van der Waals surface area contributed by atoms with Gasteiger partial charge in [-0.3, -0.25) is 4.79 Å². The summed E-state index contributed by atoms with van der Waals surface area (Å²) in [6.45, 7) is 1.82. The molecule has 0 aliphatic carbocycles. The molecular formula is C21H21N7O4. The number of nitrogens with one attached hydrogen (secondary N) is 1. The maximum atomic E-state index is 12.7. The molecule has 11 heteroatoms. The Morgan fingerprint density at radius 1 is 1.00 bits per heavy atom. The number of fused-ring (bicyclic) bond motifs is 2. The normalized spacial score (nSPS) is 15.4. The lowest BCUT2D eigenvalue weighted by molar-refractivity contribution is -0.116. The number of benzene rings is 1. The van der Waals surface area contributed by atoms with Gasteiger partial charge in [0.15, 0.2) is 28.8 Å². The smallest absolute Gasteiger partial charge is 0.226 e. The van der Waals surface area contributed by atoms with E-state index in [1.54, 1.807) is 54.9 Å². The summed E-state index contributed by atoms with van der Waals surface area (Å²) in [6, 6.07) is 7.27. The van der Waals surface area contributed by atoms with E-state index in [1.807, 2.05) is 13.0 Å². The Morgan fingerprint density at radius 3 is 2.56 bits per heavy atom. The number of hydrogen-bond acceptors (Lipinski definition) is 8. The molecule has 32 heavy (non-hydrogen) atoms. The number of aryl methyl sites for hydroxylation is 1. The van der Waals surface area contributed by atoms with Gasteiger partial charge in [-0.15, -0.1) is 15.3 Å². The van der Waals surface area contributed by atoms with Gasteiger partial charge in [0.1, 0.15) is 5.82 Å². The highest BCUT2D eigenvalue weighted by atomic mass is 16.5. The van der Waals surface area contributed by atoms with E-state index in [0.29, 0.717) is 40.4 Å². The Balaban J connectivity index is 1.65. The van der Waals surface area contributed by atoms with Gasteiger partial charge in [0, 0.05) is 23.5 Å². The number of methoxy groups -OCH3 is 3. The highest BCUT2D eigenvalue weighted by molar-refractivity contribution is 5.95. The molecule has 1 aliphatic rings. The van der Waals surface area contributed by atoms with Crippen LogP contribution in [0.15, 0.2) is 30.5 Å². The Morgan fingerprint density at radius 2 is 1.81 bits per heavy atom. The molecular weight excluding hydrogens is 414 g/mol.